The van der Waals surface area contributed by atoms with E-state index in [1.165, 1.54) is 23.6 Å². The summed E-state index contributed by atoms with van der Waals surface area (Å²) in [6.07, 6.45) is -3.25. The summed E-state index contributed by atoms with van der Waals surface area (Å²) in [6.45, 7) is 8.39. The number of ether oxygens (including phenoxy) is 4. The zero-order valence-electron chi connectivity index (χ0n) is 19.1. The number of carbonyl (C=O) groups is 4. The molecule has 1 N–H and O–H groups in total. The Morgan fingerprint density at radius 2 is 1.76 bits per heavy atom. The number of hydrogen-bond donors (Lipinski definition) is 1. The van der Waals surface area contributed by atoms with E-state index in [4.69, 9.17) is 18.9 Å². The fraction of sp³-hybridized carbons (Fsp3) is 0.545. The first-order chi connectivity index (χ1) is 15.5. The van der Waals surface area contributed by atoms with E-state index < -0.39 is 52.6 Å². The molecule has 0 spiro atoms. The molecule has 1 aromatic rings. The lowest BCUT2D eigenvalue weighted by Gasteiger charge is -2.43. The number of rotatable bonds is 7. The third-order valence-corrected chi connectivity index (χ3v) is 6.60. The maximum absolute atomic E-state index is 12.8. The molecule has 2 heterocycles. The van der Waals surface area contributed by atoms with Crippen molar-refractivity contribution < 1.29 is 38.1 Å². The largest absolute Gasteiger partial charge is 0.511 e. The van der Waals surface area contributed by atoms with Crippen LogP contribution in [0.1, 0.15) is 40.2 Å². The van der Waals surface area contributed by atoms with E-state index in [2.05, 4.69) is 5.32 Å². The van der Waals surface area contributed by atoms with E-state index >= 15 is 0 Å². The zero-order chi connectivity index (χ0) is 24.3. The van der Waals surface area contributed by atoms with Gasteiger partial charge in [0.25, 0.3) is 0 Å². The molecule has 3 rings (SSSR count). The van der Waals surface area contributed by atoms with E-state index in [0.717, 1.165) is 5.56 Å². The Labute approximate surface area is 196 Å². The second-order valence-electron chi connectivity index (χ2n) is 8.48. The van der Waals surface area contributed by atoms with Gasteiger partial charge in [-0.1, -0.05) is 30.3 Å². The molecule has 2 saturated heterocycles. The third-order valence-electron chi connectivity index (χ3n) is 5.03. The van der Waals surface area contributed by atoms with Crippen molar-refractivity contribution in [3.63, 3.8) is 0 Å². The van der Waals surface area contributed by atoms with Gasteiger partial charge in [-0.3, -0.25) is 4.79 Å². The van der Waals surface area contributed by atoms with Gasteiger partial charge in [0, 0.05) is 11.7 Å². The van der Waals surface area contributed by atoms with Crippen molar-refractivity contribution in [3.8, 4) is 0 Å². The van der Waals surface area contributed by atoms with Crippen LogP contribution in [0.2, 0.25) is 0 Å². The molecule has 1 aromatic carbocycles. The molecular weight excluding hydrogens is 452 g/mol. The van der Waals surface area contributed by atoms with E-state index in [9.17, 15) is 19.2 Å². The molecule has 180 valence electrons. The highest BCUT2D eigenvalue weighted by Crippen LogP contribution is 2.51. The molecule has 2 aliphatic heterocycles. The topological polar surface area (TPSA) is 120 Å². The number of hydrogen-bond acceptors (Lipinski definition) is 9. The first kappa shape index (κ1) is 24.7. The van der Waals surface area contributed by atoms with Crippen LogP contribution in [0.4, 0.5) is 9.59 Å². The molecule has 1 unspecified atom stereocenters. The summed E-state index contributed by atoms with van der Waals surface area (Å²) < 4.78 is 19.5. The molecule has 33 heavy (non-hydrogen) atoms. The third kappa shape index (κ3) is 5.70. The van der Waals surface area contributed by atoms with Crippen molar-refractivity contribution in [2.24, 2.45) is 0 Å². The highest BCUT2D eigenvalue weighted by atomic mass is 32.2. The number of thioether (sulfide) groups is 1. The highest BCUT2D eigenvalue weighted by molar-refractivity contribution is 8.01. The molecule has 0 bridgehead atoms. The van der Waals surface area contributed by atoms with Gasteiger partial charge in [0.2, 0.25) is 12.2 Å². The molecule has 0 radical (unpaired) electrons. The maximum Gasteiger partial charge on any atom is 0.511 e. The van der Waals surface area contributed by atoms with Crippen LogP contribution in [0.15, 0.2) is 30.3 Å². The van der Waals surface area contributed by atoms with Crippen LogP contribution in [0.25, 0.3) is 0 Å². The summed E-state index contributed by atoms with van der Waals surface area (Å²) in [7, 11) is 0. The Kier molecular flexibility index (Phi) is 7.41. The van der Waals surface area contributed by atoms with Crippen molar-refractivity contribution in [3.05, 3.63) is 35.9 Å². The van der Waals surface area contributed by atoms with Gasteiger partial charge in [-0.2, -0.15) is 0 Å². The molecule has 11 heteroatoms. The molecule has 10 nitrogen and oxygen atoms in total. The van der Waals surface area contributed by atoms with Crippen LogP contribution in [0.3, 0.4) is 0 Å². The summed E-state index contributed by atoms with van der Waals surface area (Å²) in [4.78, 5) is 50.8. The Morgan fingerprint density at radius 1 is 1.09 bits per heavy atom. The van der Waals surface area contributed by atoms with Crippen molar-refractivity contribution in [2.45, 2.75) is 75.8 Å². The fourth-order valence-electron chi connectivity index (χ4n) is 3.63. The van der Waals surface area contributed by atoms with Crippen molar-refractivity contribution >= 4 is 35.9 Å². The van der Waals surface area contributed by atoms with Gasteiger partial charge in [-0.25, -0.2) is 14.4 Å². The summed E-state index contributed by atoms with van der Waals surface area (Å²) in [5, 5.41) is 2.13. The van der Waals surface area contributed by atoms with Crippen LogP contribution in [-0.4, -0.2) is 63.6 Å². The number of fused-ring (bicyclic) bond motifs is 1. The van der Waals surface area contributed by atoms with Crippen LogP contribution in [0, 0.1) is 0 Å². The summed E-state index contributed by atoms with van der Waals surface area (Å²) in [5.41, 5.74) is 0.821. The average molecular weight is 481 g/mol. The lowest BCUT2D eigenvalue weighted by molar-refractivity contribution is -0.181. The summed E-state index contributed by atoms with van der Waals surface area (Å²) in [5.74, 6) is -1.12. The minimum Gasteiger partial charge on any atom is -0.445 e. The highest BCUT2D eigenvalue weighted by Gasteiger charge is 2.64. The van der Waals surface area contributed by atoms with Crippen molar-refractivity contribution in [2.75, 3.05) is 0 Å². The number of esters is 1. The smallest absolute Gasteiger partial charge is 0.445 e. The minimum absolute atomic E-state index is 0.0761. The van der Waals surface area contributed by atoms with Gasteiger partial charge in [0.1, 0.15) is 24.1 Å². The molecule has 4 atom stereocenters. The minimum atomic E-state index is -1.19. The van der Waals surface area contributed by atoms with Gasteiger partial charge in [-0.15, -0.1) is 11.8 Å². The Bertz CT molecular complexity index is 907. The molecule has 0 aliphatic carbocycles. The van der Waals surface area contributed by atoms with Crippen LogP contribution in [-0.2, 0) is 35.1 Å². The lowest BCUT2D eigenvalue weighted by atomic mass is 9.96. The molecule has 2 amide bonds. The van der Waals surface area contributed by atoms with Crippen molar-refractivity contribution in [1.82, 2.24) is 10.2 Å². The number of benzene rings is 1. The van der Waals surface area contributed by atoms with E-state index in [1.807, 2.05) is 30.3 Å². The molecule has 0 aromatic heterocycles. The van der Waals surface area contributed by atoms with Gasteiger partial charge in [0.05, 0.1) is 6.10 Å². The summed E-state index contributed by atoms with van der Waals surface area (Å²) in [6, 6.07) is 7.44. The number of nitrogens with zero attached hydrogens (tertiary/aromatic N) is 1. The van der Waals surface area contributed by atoms with E-state index in [1.54, 1.807) is 27.7 Å². The van der Waals surface area contributed by atoms with Gasteiger partial charge in [-0.05, 0) is 33.3 Å². The predicted molar refractivity (Wildman–Crippen MR) is 118 cm³/mol. The zero-order valence-corrected chi connectivity index (χ0v) is 19.9. The first-order valence-electron chi connectivity index (χ1n) is 10.5. The number of nitrogens with one attached hydrogen (secondary N) is 1. The van der Waals surface area contributed by atoms with E-state index in [-0.39, 0.29) is 12.7 Å². The second-order valence-corrected chi connectivity index (χ2v) is 10.3. The second kappa shape index (κ2) is 9.90. The normalized spacial score (nSPS) is 23.8. The molecular formula is C22H28N2O8S. The lowest BCUT2D eigenvalue weighted by Crippen LogP contribution is -2.70. The average Bonchev–Trinajstić information content (AvgIpc) is 2.98. The van der Waals surface area contributed by atoms with Gasteiger partial charge in [0.15, 0.2) is 0 Å². The number of β-lactam (4-membered cyclic amide) rings is 1. The van der Waals surface area contributed by atoms with Crippen LogP contribution < -0.4 is 5.32 Å². The fourth-order valence-corrected chi connectivity index (χ4v) is 5.25. The van der Waals surface area contributed by atoms with Crippen LogP contribution in [0.5, 0.6) is 0 Å². The van der Waals surface area contributed by atoms with Gasteiger partial charge < -0.3 is 29.2 Å². The number of carbonyl (C=O) groups excluding carboxylic acids is 4. The van der Waals surface area contributed by atoms with Crippen LogP contribution >= 0.6 is 11.8 Å². The molecule has 0 saturated carbocycles. The maximum atomic E-state index is 12.8. The van der Waals surface area contributed by atoms with E-state index in [0.29, 0.717) is 0 Å². The standard InChI is InChI=1S/C22H28N2O8S/c1-12(2)30-21(28)32-13(3)31-19(26)16-22(4,5)33-18-15(17(25)24(16)18)23-20(27)29-11-14-9-7-6-8-10-14/h6-10,12-13,15-16,18H,11H2,1-5H3,(H,23,27)/t13?,15-,16+,18-/m1/s1. The Hall–Kier alpha value is -2.95. The molecule has 2 aliphatic rings. The molecule has 2 fully saturated rings. The predicted octanol–water partition coefficient (Wildman–Crippen LogP) is 2.79. The quantitative estimate of drug-likeness (QED) is 0.272. The summed E-state index contributed by atoms with van der Waals surface area (Å²) >= 11 is 1.37. The monoisotopic (exact) mass is 480 g/mol. The number of amides is 2. The number of alkyl carbamates (subject to hydrolysis) is 1. The Morgan fingerprint density at radius 3 is 2.39 bits per heavy atom. The Balaban J connectivity index is 1.55. The first-order valence-corrected chi connectivity index (χ1v) is 11.4. The van der Waals surface area contributed by atoms with Gasteiger partial charge >= 0.3 is 18.2 Å². The SMILES string of the molecule is CC(C)OC(=O)OC(C)OC(=O)[C@@H]1N2C(=O)[C@@H](NC(=O)OCc3ccccc3)[C@H]2SC1(C)C. The van der Waals surface area contributed by atoms with Crippen molar-refractivity contribution in [1.29, 1.82) is 0 Å².